The zero-order valence-electron chi connectivity index (χ0n) is 11.2. The standard InChI is InChI=1S/C13H19N3O3/c1-15-12(17)7-8-16(2)13(18)9-19-11-6-4-3-5-10(11)14/h3-6H,7-9,14H2,1-2H3,(H,15,17). The molecule has 1 rings (SSSR count). The van der Waals surface area contributed by atoms with Crippen LogP contribution in [0.25, 0.3) is 0 Å². The molecule has 1 aromatic carbocycles. The maximum atomic E-state index is 11.8. The van der Waals surface area contributed by atoms with Gasteiger partial charge in [0, 0.05) is 27.1 Å². The predicted octanol–water partition coefficient (Wildman–Crippen LogP) is 0.242. The fourth-order valence-electron chi connectivity index (χ4n) is 1.38. The molecule has 0 atom stereocenters. The molecular weight excluding hydrogens is 246 g/mol. The summed E-state index contributed by atoms with van der Waals surface area (Å²) in [4.78, 5) is 24.3. The molecule has 3 N–H and O–H groups in total. The first-order valence-corrected chi connectivity index (χ1v) is 5.96. The Hall–Kier alpha value is -2.24. The van der Waals surface area contributed by atoms with Gasteiger partial charge in [0.2, 0.25) is 5.91 Å². The van der Waals surface area contributed by atoms with E-state index in [0.29, 0.717) is 18.0 Å². The summed E-state index contributed by atoms with van der Waals surface area (Å²) in [6.45, 7) is 0.255. The largest absolute Gasteiger partial charge is 0.482 e. The van der Waals surface area contributed by atoms with Gasteiger partial charge in [-0.15, -0.1) is 0 Å². The number of nitrogens with one attached hydrogen (secondary N) is 1. The van der Waals surface area contributed by atoms with Crippen LogP contribution >= 0.6 is 0 Å². The highest BCUT2D eigenvalue weighted by Crippen LogP contribution is 2.19. The SMILES string of the molecule is CNC(=O)CCN(C)C(=O)COc1ccccc1N. The van der Waals surface area contributed by atoms with Crippen molar-refractivity contribution in [2.24, 2.45) is 0 Å². The number of nitrogens with zero attached hydrogens (tertiary/aromatic N) is 1. The topological polar surface area (TPSA) is 84.7 Å². The van der Waals surface area contributed by atoms with Gasteiger partial charge in [0.1, 0.15) is 5.75 Å². The normalized spacial score (nSPS) is 9.79. The number of amides is 2. The molecule has 19 heavy (non-hydrogen) atoms. The number of benzene rings is 1. The van der Waals surface area contributed by atoms with Crippen molar-refractivity contribution in [2.45, 2.75) is 6.42 Å². The highest BCUT2D eigenvalue weighted by atomic mass is 16.5. The molecule has 0 unspecified atom stereocenters. The number of hydrogen-bond donors (Lipinski definition) is 2. The number of ether oxygens (including phenoxy) is 1. The van der Waals surface area contributed by atoms with Crippen molar-refractivity contribution < 1.29 is 14.3 Å². The maximum Gasteiger partial charge on any atom is 0.260 e. The number of nitrogens with two attached hydrogens (primary N) is 1. The van der Waals surface area contributed by atoms with Crippen LogP contribution in [0.4, 0.5) is 5.69 Å². The third-order valence-electron chi connectivity index (χ3n) is 2.65. The number of likely N-dealkylation sites (N-methyl/N-ethyl adjacent to an activating group) is 1. The van der Waals surface area contributed by atoms with Gasteiger partial charge in [-0.05, 0) is 12.1 Å². The predicted molar refractivity (Wildman–Crippen MR) is 72.7 cm³/mol. The van der Waals surface area contributed by atoms with Crippen molar-refractivity contribution in [2.75, 3.05) is 33.0 Å². The zero-order chi connectivity index (χ0) is 14.3. The summed E-state index contributed by atoms with van der Waals surface area (Å²) >= 11 is 0. The molecule has 0 radical (unpaired) electrons. The summed E-state index contributed by atoms with van der Waals surface area (Å²) in [5.41, 5.74) is 6.19. The minimum atomic E-state index is -0.202. The van der Waals surface area contributed by atoms with Crippen LogP contribution in [-0.4, -0.2) is 44.0 Å². The Morgan fingerprint density at radius 2 is 2.05 bits per heavy atom. The first-order chi connectivity index (χ1) is 9.04. The molecule has 0 aliphatic rings. The summed E-state index contributed by atoms with van der Waals surface area (Å²) in [6, 6.07) is 6.98. The van der Waals surface area contributed by atoms with E-state index in [4.69, 9.17) is 10.5 Å². The van der Waals surface area contributed by atoms with Gasteiger partial charge in [-0.1, -0.05) is 12.1 Å². The number of para-hydroxylation sites is 2. The molecule has 0 saturated heterocycles. The molecule has 2 amide bonds. The number of anilines is 1. The monoisotopic (exact) mass is 265 g/mol. The average molecular weight is 265 g/mol. The molecular formula is C13H19N3O3. The summed E-state index contributed by atoms with van der Waals surface area (Å²) < 4.78 is 5.34. The number of carbonyl (C=O) groups is 2. The quantitative estimate of drug-likeness (QED) is 0.722. The maximum absolute atomic E-state index is 11.8. The van der Waals surface area contributed by atoms with Crippen LogP contribution < -0.4 is 15.8 Å². The fraction of sp³-hybridized carbons (Fsp3) is 0.385. The molecule has 6 nitrogen and oxygen atoms in total. The number of rotatable bonds is 6. The minimum Gasteiger partial charge on any atom is -0.482 e. The highest BCUT2D eigenvalue weighted by molar-refractivity contribution is 5.79. The average Bonchev–Trinajstić information content (AvgIpc) is 2.43. The van der Waals surface area contributed by atoms with E-state index in [2.05, 4.69) is 5.32 Å². The van der Waals surface area contributed by atoms with Crippen LogP contribution in [0.15, 0.2) is 24.3 Å². The van der Waals surface area contributed by atoms with Gasteiger partial charge in [-0.2, -0.15) is 0 Å². The van der Waals surface area contributed by atoms with E-state index in [0.717, 1.165) is 0 Å². The van der Waals surface area contributed by atoms with E-state index in [-0.39, 0.29) is 24.8 Å². The van der Waals surface area contributed by atoms with Crippen molar-refractivity contribution in [3.63, 3.8) is 0 Å². The van der Waals surface area contributed by atoms with Gasteiger partial charge in [-0.3, -0.25) is 9.59 Å². The van der Waals surface area contributed by atoms with E-state index in [1.165, 1.54) is 4.90 Å². The fourth-order valence-corrected chi connectivity index (χ4v) is 1.38. The highest BCUT2D eigenvalue weighted by Gasteiger charge is 2.11. The molecule has 1 aromatic rings. The Balaban J connectivity index is 2.38. The van der Waals surface area contributed by atoms with Crippen molar-refractivity contribution >= 4 is 17.5 Å². The van der Waals surface area contributed by atoms with E-state index in [9.17, 15) is 9.59 Å². The molecule has 0 aliphatic heterocycles. The van der Waals surface area contributed by atoms with E-state index in [1.807, 2.05) is 0 Å². The Labute approximate surface area is 112 Å². The van der Waals surface area contributed by atoms with Gasteiger partial charge in [-0.25, -0.2) is 0 Å². The van der Waals surface area contributed by atoms with Gasteiger partial charge in [0.15, 0.2) is 6.61 Å². The lowest BCUT2D eigenvalue weighted by Crippen LogP contribution is -2.34. The lowest BCUT2D eigenvalue weighted by Gasteiger charge is -2.17. The summed E-state index contributed by atoms with van der Waals surface area (Å²) in [5.74, 6) is 0.176. The number of nitrogen functional groups attached to an aromatic ring is 1. The van der Waals surface area contributed by atoms with Gasteiger partial charge < -0.3 is 20.7 Å². The minimum absolute atomic E-state index is 0.0988. The van der Waals surface area contributed by atoms with Crippen molar-refractivity contribution in [3.05, 3.63) is 24.3 Å². The van der Waals surface area contributed by atoms with Crippen LogP contribution in [0.3, 0.4) is 0 Å². The lowest BCUT2D eigenvalue weighted by atomic mass is 10.3. The Morgan fingerprint density at radius 3 is 2.68 bits per heavy atom. The first kappa shape index (κ1) is 14.8. The second kappa shape index (κ2) is 7.25. The van der Waals surface area contributed by atoms with Crippen molar-refractivity contribution in [3.8, 4) is 5.75 Å². The molecule has 0 aromatic heterocycles. The summed E-state index contributed by atoms with van der Waals surface area (Å²) in [5, 5.41) is 2.50. The zero-order valence-corrected chi connectivity index (χ0v) is 11.2. The molecule has 0 fully saturated rings. The third-order valence-corrected chi connectivity index (χ3v) is 2.65. The Bertz CT molecular complexity index is 449. The second-order valence-corrected chi connectivity index (χ2v) is 4.06. The van der Waals surface area contributed by atoms with E-state index < -0.39 is 0 Å². The number of hydrogen-bond acceptors (Lipinski definition) is 4. The molecule has 104 valence electrons. The molecule has 6 heteroatoms. The molecule has 0 spiro atoms. The first-order valence-electron chi connectivity index (χ1n) is 5.96. The Morgan fingerprint density at radius 1 is 1.37 bits per heavy atom. The molecule has 0 saturated carbocycles. The van der Waals surface area contributed by atoms with Gasteiger partial charge in [0.05, 0.1) is 5.69 Å². The van der Waals surface area contributed by atoms with E-state index in [1.54, 1.807) is 38.4 Å². The Kier molecular flexibility index (Phi) is 5.66. The van der Waals surface area contributed by atoms with Crippen molar-refractivity contribution in [1.82, 2.24) is 10.2 Å². The van der Waals surface area contributed by atoms with Gasteiger partial charge in [0.25, 0.3) is 5.91 Å². The van der Waals surface area contributed by atoms with Crippen LogP contribution in [0.5, 0.6) is 5.75 Å². The molecule has 0 heterocycles. The van der Waals surface area contributed by atoms with Gasteiger partial charge >= 0.3 is 0 Å². The van der Waals surface area contributed by atoms with Crippen LogP contribution in [-0.2, 0) is 9.59 Å². The summed E-state index contributed by atoms with van der Waals surface area (Å²) in [6.07, 6.45) is 0.270. The number of carbonyl (C=O) groups excluding carboxylic acids is 2. The molecule has 0 bridgehead atoms. The van der Waals surface area contributed by atoms with E-state index >= 15 is 0 Å². The summed E-state index contributed by atoms with van der Waals surface area (Å²) in [7, 11) is 3.19. The smallest absolute Gasteiger partial charge is 0.260 e. The van der Waals surface area contributed by atoms with Crippen LogP contribution in [0.2, 0.25) is 0 Å². The van der Waals surface area contributed by atoms with Crippen LogP contribution in [0.1, 0.15) is 6.42 Å². The third kappa shape index (κ3) is 4.87. The molecule has 0 aliphatic carbocycles. The van der Waals surface area contributed by atoms with Crippen molar-refractivity contribution in [1.29, 1.82) is 0 Å². The lowest BCUT2D eigenvalue weighted by molar-refractivity contribution is -0.132. The van der Waals surface area contributed by atoms with Crippen LogP contribution in [0, 0.1) is 0 Å². The second-order valence-electron chi connectivity index (χ2n) is 4.06.